The molecule has 1 fully saturated rings. The molecule has 1 saturated heterocycles. The molecule has 1 heterocycles. The third-order valence-electron chi connectivity index (χ3n) is 3.39. The molecule has 8 heteroatoms. The number of rotatable bonds is 4. The minimum absolute atomic E-state index is 0.0186. The second kappa shape index (κ2) is 6.00. The first-order valence-electron chi connectivity index (χ1n) is 6.46. The van der Waals surface area contributed by atoms with E-state index in [1.165, 1.54) is 29.6 Å². The molecule has 2 rings (SSSR count). The monoisotopic (exact) mass is 315 g/mol. The summed E-state index contributed by atoms with van der Waals surface area (Å²) >= 11 is 0. The minimum Gasteiger partial charge on any atom is -0.495 e. The van der Waals surface area contributed by atoms with Gasteiger partial charge in [-0.3, -0.25) is 0 Å². The predicted octanol–water partition coefficient (Wildman–Crippen LogP) is 0.539. The molecule has 0 unspecified atom stereocenters. The van der Waals surface area contributed by atoms with Crippen LogP contribution in [0.2, 0.25) is 0 Å². The van der Waals surface area contributed by atoms with Crippen molar-refractivity contribution in [2.45, 2.75) is 23.8 Å². The zero-order valence-corrected chi connectivity index (χ0v) is 12.3. The number of piperidine rings is 1. The van der Waals surface area contributed by atoms with Gasteiger partial charge in [-0.25, -0.2) is 13.2 Å². The van der Waals surface area contributed by atoms with Gasteiger partial charge in [0.15, 0.2) is 0 Å². The lowest BCUT2D eigenvalue weighted by Gasteiger charge is -2.29. The van der Waals surface area contributed by atoms with E-state index in [9.17, 15) is 18.3 Å². The predicted molar refractivity (Wildman–Crippen MR) is 74.0 cm³/mol. The van der Waals surface area contributed by atoms with Gasteiger partial charge in [0.05, 0.1) is 18.8 Å². The zero-order chi connectivity index (χ0) is 15.6. The number of aromatic carboxylic acids is 1. The van der Waals surface area contributed by atoms with Gasteiger partial charge in [-0.15, -0.1) is 0 Å². The van der Waals surface area contributed by atoms with Gasteiger partial charge in [0, 0.05) is 13.1 Å². The van der Waals surface area contributed by atoms with E-state index in [1.54, 1.807) is 0 Å². The number of aliphatic hydroxyl groups is 1. The number of hydrogen-bond donors (Lipinski definition) is 2. The molecule has 0 aromatic heterocycles. The van der Waals surface area contributed by atoms with Gasteiger partial charge in [0.1, 0.15) is 10.6 Å². The molecule has 1 aromatic rings. The second-order valence-electron chi connectivity index (χ2n) is 4.83. The lowest BCUT2D eigenvalue weighted by molar-refractivity contribution is 0.0696. The molecule has 1 atom stereocenters. The average molecular weight is 315 g/mol. The standard InChI is InChI=1S/C13H17NO6S/c1-20-11-7-9(13(16)17)4-5-12(11)21(18,19)14-6-2-3-10(15)8-14/h4-5,7,10,15H,2-3,6,8H2,1H3,(H,16,17)/t10-/m0/s1. The van der Waals surface area contributed by atoms with Crippen molar-refractivity contribution < 1.29 is 28.2 Å². The molecule has 0 aliphatic carbocycles. The van der Waals surface area contributed by atoms with Crippen molar-refractivity contribution in [3.05, 3.63) is 23.8 Å². The number of carboxylic acid groups (broad SMARTS) is 1. The number of carbonyl (C=O) groups is 1. The van der Waals surface area contributed by atoms with Gasteiger partial charge in [-0.2, -0.15) is 4.31 Å². The summed E-state index contributed by atoms with van der Waals surface area (Å²) in [4.78, 5) is 10.8. The van der Waals surface area contributed by atoms with E-state index in [0.717, 1.165) is 0 Å². The Bertz CT molecular complexity index is 642. The van der Waals surface area contributed by atoms with E-state index >= 15 is 0 Å². The molecule has 0 radical (unpaired) electrons. The number of hydrogen-bond acceptors (Lipinski definition) is 5. The Labute approximate surface area is 122 Å². The van der Waals surface area contributed by atoms with Crippen LogP contribution in [0.4, 0.5) is 0 Å². The summed E-state index contributed by atoms with van der Waals surface area (Å²) in [6.07, 6.45) is 0.467. The molecule has 0 spiro atoms. The first kappa shape index (κ1) is 15.7. The van der Waals surface area contributed by atoms with Gasteiger partial charge in [-0.1, -0.05) is 0 Å². The molecular formula is C13H17NO6S. The van der Waals surface area contributed by atoms with E-state index in [0.29, 0.717) is 19.4 Å². The quantitative estimate of drug-likeness (QED) is 0.840. The highest BCUT2D eigenvalue weighted by molar-refractivity contribution is 7.89. The van der Waals surface area contributed by atoms with E-state index in [4.69, 9.17) is 9.84 Å². The van der Waals surface area contributed by atoms with E-state index in [2.05, 4.69) is 0 Å². The number of ether oxygens (including phenoxy) is 1. The molecule has 0 saturated carbocycles. The lowest BCUT2D eigenvalue weighted by atomic mass is 10.1. The Morgan fingerprint density at radius 3 is 2.71 bits per heavy atom. The summed E-state index contributed by atoms with van der Waals surface area (Å²) in [5, 5.41) is 18.6. The van der Waals surface area contributed by atoms with Crippen LogP contribution in [-0.2, 0) is 10.0 Å². The molecule has 1 aromatic carbocycles. The summed E-state index contributed by atoms with van der Waals surface area (Å²) < 4.78 is 31.4. The summed E-state index contributed by atoms with van der Waals surface area (Å²) in [6, 6.07) is 3.62. The number of nitrogens with zero attached hydrogens (tertiary/aromatic N) is 1. The molecular weight excluding hydrogens is 298 g/mol. The van der Waals surface area contributed by atoms with Crippen molar-refractivity contribution in [2.75, 3.05) is 20.2 Å². The summed E-state index contributed by atoms with van der Waals surface area (Å²) in [6.45, 7) is 0.357. The van der Waals surface area contributed by atoms with Crippen molar-refractivity contribution in [1.82, 2.24) is 4.31 Å². The highest BCUT2D eigenvalue weighted by Gasteiger charge is 2.31. The molecule has 21 heavy (non-hydrogen) atoms. The fraction of sp³-hybridized carbons (Fsp3) is 0.462. The maximum atomic E-state index is 12.6. The lowest BCUT2D eigenvalue weighted by Crippen LogP contribution is -2.42. The highest BCUT2D eigenvalue weighted by atomic mass is 32.2. The maximum Gasteiger partial charge on any atom is 0.335 e. The molecule has 0 bridgehead atoms. The van der Waals surface area contributed by atoms with Gasteiger partial charge >= 0.3 is 5.97 Å². The number of carboxylic acids is 1. The van der Waals surface area contributed by atoms with Crippen LogP contribution in [0.15, 0.2) is 23.1 Å². The molecule has 1 aliphatic rings. The first-order valence-corrected chi connectivity index (χ1v) is 7.90. The van der Waals surface area contributed by atoms with Crippen LogP contribution >= 0.6 is 0 Å². The Morgan fingerprint density at radius 1 is 1.43 bits per heavy atom. The van der Waals surface area contributed by atoms with Crippen molar-refractivity contribution in [3.8, 4) is 5.75 Å². The fourth-order valence-corrected chi connectivity index (χ4v) is 3.94. The molecule has 2 N–H and O–H groups in total. The number of benzene rings is 1. The third-order valence-corrected chi connectivity index (χ3v) is 5.29. The Morgan fingerprint density at radius 2 is 2.14 bits per heavy atom. The van der Waals surface area contributed by atoms with Gasteiger partial charge in [-0.05, 0) is 31.0 Å². The third kappa shape index (κ3) is 3.17. The minimum atomic E-state index is -3.82. The van der Waals surface area contributed by atoms with E-state index in [-0.39, 0.29) is 22.8 Å². The topological polar surface area (TPSA) is 104 Å². The SMILES string of the molecule is COc1cc(C(=O)O)ccc1S(=O)(=O)N1CCC[C@H](O)C1. The van der Waals surface area contributed by atoms with E-state index < -0.39 is 22.1 Å². The number of β-amino-alcohol motifs (C(OH)–C–C–N with tert-alkyl or cyclic N) is 1. The molecule has 116 valence electrons. The maximum absolute atomic E-state index is 12.6. The largest absolute Gasteiger partial charge is 0.495 e. The van der Waals surface area contributed by atoms with Crippen LogP contribution in [0.3, 0.4) is 0 Å². The fourth-order valence-electron chi connectivity index (χ4n) is 2.29. The number of sulfonamides is 1. The molecule has 1 aliphatic heterocycles. The van der Waals surface area contributed by atoms with Crippen LogP contribution in [0.25, 0.3) is 0 Å². The normalized spacial score (nSPS) is 20.2. The molecule has 7 nitrogen and oxygen atoms in total. The highest BCUT2D eigenvalue weighted by Crippen LogP contribution is 2.29. The van der Waals surface area contributed by atoms with Crippen LogP contribution in [0.1, 0.15) is 23.2 Å². The van der Waals surface area contributed by atoms with Crippen LogP contribution in [0, 0.1) is 0 Å². The smallest absolute Gasteiger partial charge is 0.335 e. The van der Waals surface area contributed by atoms with Gasteiger partial charge < -0.3 is 14.9 Å². The van der Waals surface area contributed by atoms with Crippen LogP contribution in [0.5, 0.6) is 5.75 Å². The van der Waals surface area contributed by atoms with Gasteiger partial charge in [0.25, 0.3) is 0 Å². The Balaban J connectivity index is 2.42. The Hall–Kier alpha value is -1.64. The van der Waals surface area contributed by atoms with Crippen molar-refractivity contribution in [2.24, 2.45) is 0 Å². The van der Waals surface area contributed by atoms with Crippen LogP contribution < -0.4 is 4.74 Å². The molecule has 0 amide bonds. The second-order valence-corrected chi connectivity index (χ2v) is 6.74. The van der Waals surface area contributed by atoms with Crippen molar-refractivity contribution in [1.29, 1.82) is 0 Å². The number of methoxy groups -OCH3 is 1. The van der Waals surface area contributed by atoms with Crippen LogP contribution in [-0.4, -0.2) is 55.2 Å². The first-order chi connectivity index (χ1) is 9.86. The Kier molecular flexibility index (Phi) is 4.50. The van der Waals surface area contributed by atoms with Gasteiger partial charge in [0.2, 0.25) is 10.0 Å². The summed E-state index contributed by atoms with van der Waals surface area (Å²) in [7, 11) is -2.54. The summed E-state index contributed by atoms with van der Waals surface area (Å²) in [5.41, 5.74) is -0.0514. The average Bonchev–Trinajstić information content (AvgIpc) is 2.46. The summed E-state index contributed by atoms with van der Waals surface area (Å²) in [5.74, 6) is -1.18. The van der Waals surface area contributed by atoms with Crippen molar-refractivity contribution >= 4 is 16.0 Å². The number of aliphatic hydroxyl groups excluding tert-OH is 1. The van der Waals surface area contributed by atoms with E-state index in [1.807, 2.05) is 0 Å². The van der Waals surface area contributed by atoms with Crippen molar-refractivity contribution in [3.63, 3.8) is 0 Å². The zero-order valence-electron chi connectivity index (χ0n) is 11.5.